The average molecular weight is 316 g/mol. The van der Waals surface area contributed by atoms with Gasteiger partial charge in [-0.15, -0.1) is 11.6 Å². The highest BCUT2D eigenvalue weighted by Gasteiger charge is 2.29. The first-order chi connectivity index (χ1) is 9.38. The van der Waals surface area contributed by atoms with E-state index in [1.54, 1.807) is 12.1 Å². The summed E-state index contributed by atoms with van der Waals surface area (Å²) in [5.41, 5.74) is 0.807. The monoisotopic (exact) mass is 315 g/mol. The number of nitrogens with one attached hydrogen (secondary N) is 1. The molecule has 0 heterocycles. The summed E-state index contributed by atoms with van der Waals surface area (Å²) in [7, 11) is -3.41. The second kappa shape index (κ2) is 6.46. The summed E-state index contributed by atoms with van der Waals surface area (Å²) < 4.78 is 27.4. The lowest BCUT2D eigenvalue weighted by Crippen LogP contribution is -2.27. The molecule has 0 spiro atoms. The molecule has 1 aliphatic carbocycles. The average Bonchev–Trinajstić information content (AvgIpc) is 3.11. The Morgan fingerprint density at radius 1 is 1.30 bits per heavy atom. The summed E-state index contributed by atoms with van der Waals surface area (Å²) in [6.07, 6.45) is 3.34. The van der Waals surface area contributed by atoms with E-state index >= 15 is 0 Å². The SMILES string of the molecule is CC(C)CC(Cl)Cc1ccccc1S(=O)(=O)NC1CC1. The van der Waals surface area contributed by atoms with Crippen LogP contribution in [0.15, 0.2) is 29.2 Å². The zero-order valence-electron chi connectivity index (χ0n) is 12.0. The van der Waals surface area contributed by atoms with Gasteiger partial charge in [-0.3, -0.25) is 0 Å². The Bertz CT molecular complexity index is 553. The highest BCUT2D eigenvalue weighted by Crippen LogP contribution is 2.25. The Morgan fingerprint density at radius 3 is 2.55 bits per heavy atom. The van der Waals surface area contributed by atoms with Crippen molar-refractivity contribution in [3.63, 3.8) is 0 Å². The van der Waals surface area contributed by atoms with Gasteiger partial charge in [-0.2, -0.15) is 0 Å². The lowest BCUT2D eigenvalue weighted by atomic mass is 10.0. The highest BCUT2D eigenvalue weighted by molar-refractivity contribution is 7.89. The molecule has 1 unspecified atom stereocenters. The Hall–Kier alpha value is -0.580. The molecule has 0 amide bonds. The maximum absolute atomic E-state index is 12.4. The molecule has 0 radical (unpaired) electrons. The van der Waals surface area contributed by atoms with Crippen LogP contribution in [0.3, 0.4) is 0 Å². The van der Waals surface area contributed by atoms with E-state index in [1.807, 2.05) is 12.1 Å². The van der Waals surface area contributed by atoms with E-state index in [2.05, 4.69) is 18.6 Å². The number of sulfonamides is 1. The molecule has 0 saturated heterocycles. The smallest absolute Gasteiger partial charge is 0.208 e. The van der Waals surface area contributed by atoms with Gasteiger partial charge in [0, 0.05) is 11.4 Å². The fourth-order valence-corrected chi connectivity index (χ4v) is 4.33. The third-order valence-electron chi connectivity index (χ3n) is 3.33. The summed E-state index contributed by atoms with van der Waals surface area (Å²) in [4.78, 5) is 0.376. The lowest BCUT2D eigenvalue weighted by Gasteiger charge is -2.15. The van der Waals surface area contributed by atoms with Crippen LogP contribution in [0.5, 0.6) is 0 Å². The molecule has 3 nitrogen and oxygen atoms in total. The largest absolute Gasteiger partial charge is 0.241 e. The molecular formula is C15H22ClNO2S. The first kappa shape index (κ1) is 15.8. The number of hydrogen-bond acceptors (Lipinski definition) is 2. The first-order valence-corrected chi connectivity index (χ1v) is 9.04. The molecule has 1 atom stereocenters. The van der Waals surface area contributed by atoms with Gasteiger partial charge in [-0.05, 0) is 43.2 Å². The third-order valence-corrected chi connectivity index (χ3v) is 5.28. The van der Waals surface area contributed by atoms with Gasteiger partial charge in [0.2, 0.25) is 10.0 Å². The van der Waals surface area contributed by atoms with Gasteiger partial charge in [0.05, 0.1) is 4.90 Å². The Balaban J connectivity index is 2.17. The molecule has 1 N–H and O–H groups in total. The second-order valence-corrected chi connectivity index (χ2v) is 8.23. The second-order valence-electron chi connectivity index (χ2n) is 5.93. The maximum Gasteiger partial charge on any atom is 0.241 e. The van der Waals surface area contributed by atoms with E-state index in [9.17, 15) is 8.42 Å². The number of rotatable bonds is 7. The Labute approximate surface area is 126 Å². The minimum Gasteiger partial charge on any atom is -0.208 e. The molecule has 5 heteroatoms. The molecule has 1 saturated carbocycles. The normalized spacial score (nSPS) is 17.4. The van der Waals surface area contributed by atoms with Gasteiger partial charge < -0.3 is 0 Å². The maximum atomic E-state index is 12.4. The fraction of sp³-hybridized carbons (Fsp3) is 0.600. The van der Waals surface area contributed by atoms with Crippen LogP contribution in [0.4, 0.5) is 0 Å². The van der Waals surface area contributed by atoms with E-state index in [1.165, 1.54) is 0 Å². The van der Waals surface area contributed by atoms with E-state index in [4.69, 9.17) is 11.6 Å². The predicted molar refractivity (Wildman–Crippen MR) is 82.6 cm³/mol. The molecule has 0 aliphatic heterocycles. The topological polar surface area (TPSA) is 46.2 Å². The zero-order chi connectivity index (χ0) is 14.8. The predicted octanol–water partition coefficient (Wildman–Crippen LogP) is 3.32. The van der Waals surface area contributed by atoms with E-state index in [-0.39, 0.29) is 11.4 Å². The molecule has 0 bridgehead atoms. The van der Waals surface area contributed by atoms with Gasteiger partial charge in [-0.1, -0.05) is 32.0 Å². The van der Waals surface area contributed by atoms with Crippen molar-refractivity contribution in [1.82, 2.24) is 4.72 Å². The molecule has 20 heavy (non-hydrogen) atoms. The van der Waals surface area contributed by atoms with Crippen molar-refractivity contribution < 1.29 is 8.42 Å². The van der Waals surface area contributed by atoms with Gasteiger partial charge >= 0.3 is 0 Å². The summed E-state index contributed by atoms with van der Waals surface area (Å²) in [5.74, 6) is 0.505. The lowest BCUT2D eigenvalue weighted by molar-refractivity contribution is 0.557. The Morgan fingerprint density at radius 2 is 1.95 bits per heavy atom. The highest BCUT2D eigenvalue weighted by atomic mass is 35.5. The van der Waals surface area contributed by atoms with Crippen molar-refractivity contribution in [2.24, 2.45) is 5.92 Å². The van der Waals surface area contributed by atoms with Crippen LogP contribution in [0.2, 0.25) is 0 Å². The fourth-order valence-electron chi connectivity index (χ4n) is 2.25. The van der Waals surface area contributed by atoms with Crippen molar-refractivity contribution in [3.05, 3.63) is 29.8 Å². The van der Waals surface area contributed by atoms with Crippen molar-refractivity contribution in [1.29, 1.82) is 0 Å². The van der Waals surface area contributed by atoms with Crippen LogP contribution in [-0.2, 0) is 16.4 Å². The van der Waals surface area contributed by atoms with Crippen molar-refractivity contribution >= 4 is 21.6 Å². The zero-order valence-corrected chi connectivity index (χ0v) is 13.5. The summed E-state index contributed by atoms with van der Waals surface area (Å²) >= 11 is 6.34. The van der Waals surface area contributed by atoms with E-state index < -0.39 is 10.0 Å². The minimum atomic E-state index is -3.41. The molecule has 1 fully saturated rings. The van der Waals surface area contributed by atoms with Crippen molar-refractivity contribution in [2.45, 2.75) is 55.8 Å². The van der Waals surface area contributed by atoms with Crippen molar-refractivity contribution in [3.8, 4) is 0 Å². The summed E-state index contributed by atoms with van der Waals surface area (Å²) in [5, 5.41) is -0.0349. The summed E-state index contributed by atoms with van der Waals surface area (Å²) in [6, 6.07) is 7.27. The molecule has 2 rings (SSSR count). The van der Waals surface area contributed by atoms with E-state index in [0.29, 0.717) is 17.2 Å². The van der Waals surface area contributed by atoms with Gasteiger partial charge in [0.15, 0.2) is 0 Å². The number of alkyl halides is 1. The molecule has 1 aliphatic rings. The number of hydrogen-bond donors (Lipinski definition) is 1. The molecule has 1 aromatic rings. The van der Waals surface area contributed by atoms with Crippen LogP contribution < -0.4 is 4.72 Å². The summed E-state index contributed by atoms with van der Waals surface area (Å²) in [6.45, 7) is 4.24. The molecule has 1 aromatic carbocycles. The molecular weight excluding hydrogens is 294 g/mol. The molecule has 0 aromatic heterocycles. The van der Waals surface area contributed by atoms with Crippen molar-refractivity contribution in [2.75, 3.05) is 0 Å². The van der Waals surface area contributed by atoms with Gasteiger partial charge in [0.1, 0.15) is 0 Å². The standard InChI is InChI=1S/C15H22ClNO2S/c1-11(2)9-13(16)10-12-5-3-4-6-15(12)20(18,19)17-14-7-8-14/h3-6,11,13-14,17H,7-10H2,1-2H3. The number of halogens is 1. The Kier molecular flexibility index (Phi) is 5.10. The molecule has 112 valence electrons. The van der Waals surface area contributed by atoms with Gasteiger partial charge in [0.25, 0.3) is 0 Å². The van der Waals surface area contributed by atoms with Crippen LogP contribution in [0.1, 0.15) is 38.7 Å². The minimum absolute atomic E-state index is 0.0349. The quantitative estimate of drug-likeness (QED) is 0.785. The first-order valence-electron chi connectivity index (χ1n) is 7.13. The van der Waals surface area contributed by atoms with Crippen LogP contribution in [0, 0.1) is 5.92 Å². The van der Waals surface area contributed by atoms with Crippen LogP contribution in [-0.4, -0.2) is 19.8 Å². The third kappa shape index (κ3) is 4.47. The van der Waals surface area contributed by atoms with Crippen LogP contribution >= 0.6 is 11.6 Å². The van der Waals surface area contributed by atoms with Crippen LogP contribution in [0.25, 0.3) is 0 Å². The number of benzene rings is 1. The van der Waals surface area contributed by atoms with Gasteiger partial charge in [-0.25, -0.2) is 13.1 Å². The van der Waals surface area contributed by atoms with E-state index in [0.717, 1.165) is 24.8 Å².